The molecule has 1 aliphatic heterocycles. The van der Waals surface area contributed by atoms with Crippen molar-refractivity contribution in [2.75, 3.05) is 6.61 Å². The molecular weight excluding hydrogens is 274 g/mol. The summed E-state index contributed by atoms with van der Waals surface area (Å²) in [5.41, 5.74) is 7.10. The van der Waals surface area contributed by atoms with Crippen molar-refractivity contribution in [3.05, 3.63) is 28.8 Å². The summed E-state index contributed by atoms with van der Waals surface area (Å²) in [7, 11) is 0. The topological polar surface area (TPSA) is 44.5 Å². The molecule has 20 heavy (non-hydrogen) atoms. The van der Waals surface area contributed by atoms with Crippen molar-refractivity contribution in [2.45, 2.75) is 56.8 Å². The average molecular weight is 296 g/mol. The van der Waals surface area contributed by atoms with E-state index < -0.39 is 0 Å². The van der Waals surface area contributed by atoms with Crippen molar-refractivity contribution in [1.82, 2.24) is 0 Å². The molecule has 2 aliphatic rings. The number of halogens is 1. The lowest BCUT2D eigenvalue weighted by Crippen LogP contribution is -2.48. The second-order valence-corrected chi connectivity index (χ2v) is 6.52. The van der Waals surface area contributed by atoms with Crippen LogP contribution in [0.3, 0.4) is 0 Å². The van der Waals surface area contributed by atoms with Crippen LogP contribution >= 0.6 is 11.6 Å². The molecule has 1 heterocycles. The van der Waals surface area contributed by atoms with E-state index >= 15 is 0 Å². The lowest BCUT2D eigenvalue weighted by molar-refractivity contribution is -0.153. The number of hydrogen-bond donors (Lipinski definition) is 1. The van der Waals surface area contributed by atoms with Crippen LogP contribution in [0, 0.1) is 0 Å². The molecule has 1 spiro atoms. The Kier molecular flexibility index (Phi) is 3.93. The smallest absolute Gasteiger partial charge is 0.124 e. The monoisotopic (exact) mass is 295 g/mol. The molecule has 3 nitrogen and oxygen atoms in total. The summed E-state index contributed by atoms with van der Waals surface area (Å²) in [5.74, 6) is 0.866. The summed E-state index contributed by atoms with van der Waals surface area (Å²) in [5, 5.41) is 0.701. The van der Waals surface area contributed by atoms with Crippen molar-refractivity contribution < 1.29 is 9.47 Å². The summed E-state index contributed by atoms with van der Waals surface area (Å²) in [6, 6.07) is 5.62. The maximum absolute atomic E-state index is 6.22. The van der Waals surface area contributed by atoms with Gasteiger partial charge in [-0.1, -0.05) is 11.6 Å². The first-order valence-corrected chi connectivity index (χ1v) is 7.81. The maximum atomic E-state index is 6.22. The Morgan fingerprint density at radius 1 is 1.45 bits per heavy atom. The lowest BCUT2D eigenvalue weighted by atomic mass is 9.74. The van der Waals surface area contributed by atoms with Crippen LogP contribution in [0.15, 0.2) is 18.2 Å². The Morgan fingerprint density at radius 2 is 2.25 bits per heavy atom. The van der Waals surface area contributed by atoms with Crippen LogP contribution in [0.2, 0.25) is 5.02 Å². The molecule has 1 saturated carbocycles. The number of benzene rings is 1. The van der Waals surface area contributed by atoms with E-state index in [1.54, 1.807) is 0 Å². The fourth-order valence-corrected chi connectivity index (χ4v) is 3.35. The molecule has 110 valence electrons. The highest BCUT2D eigenvalue weighted by Gasteiger charge is 2.43. The number of hydrogen-bond acceptors (Lipinski definition) is 3. The molecule has 2 atom stereocenters. The van der Waals surface area contributed by atoms with E-state index in [-0.39, 0.29) is 17.7 Å². The minimum Gasteiger partial charge on any atom is -0.490 e. The molecular formula is C16H22ClNO2. The maximum Gasteiger partial charge on any atom is 0.124 e. The number of nitrogens with two attached hydrogens (primary N) is 1. The van der Waals surface area contributed by atoms with Crippen molar-refractivity contribution in [2.24, 2.45) is 5.73 Å². The van der Waals surface area contributed by atoms with Gasteiger partial charge in [0.05, 0.1) is 12.2 Å². The normalized spacial score (nSPS) is 26.1. The summed E-state index contributed by atoms with van der Waals surface area (Å²) in [6.07, 6.45) is 5.79. The molecule has 3 rings (SSSR count). The molecule has 1 aromatic carbocycles. The van der Waals surface area contributed by atoms with Gasteiger partial charge >= 0.3 is 0 Å². The van der Waals surface area contributed by atoms with Crippen molar-refractivity contribution in [3.63, 3.8) is 0 Å². The van der Waals surface area contributed by atoms with Crippen LogP contribution in [0.4, 0.5) is 0 Å². The predicted octanol–water partition coefficient (Wildman–Crippen LogP) is 3.84. The van der Waals surface area contributed by atoms with Gasteiger partial charge in [-0.2, -0.15) is 0 Å². The molecule has 2 fully saturated rings. The molecule has 0 bridgehead atoms. The molecule has 0 aromatic heterocycles. The summed E-state index contributed by atoms with van der Waals surface area (Å²) < 4.78 is 12.2. The van der Waals surface area contributed by atoms with Crippen molar-refractivity contribution >= 4 is 11.6 Å². The van der Waals surface area contributed by atoms with Gasteiger partial charge in [0, 0.05) is 29.5 Å². The first-order chi connectivity index (χ1) is 9.58. The predicted molar refractivity (Wildman–Crippen MR) is 80.2 cm³/mol. The highest BCUT2D eigenvalue weighted by atomic mass is 35.5. The van der Waals surface area contributed by atoms with Gasteiger partial charge in [0.1, 0.15) is 11.9 Å². The van der Waals surface area contributed by atoms with Crippen molar-refractivity contribution in [3.8, 4) is 5.75 Å². The van der Waals surface area contributed by atoms with E-state index in [9.17, 15) is 0 Å². The molecule has 1 saturated heterocycles. The standard InChI is InChI=1S/C16H22ClNO2/c1-11(18)14-9-12(17)3-4-15(14)20-13-5-8-19-16(10-13)6-2-7-16/h3-4,9,11,13H,2,5-8,10,18H2,1H3. The zero-order chi connectivity index (χ0) is 14.2. The largest absolute Gasteiger partial charge is 0.490 e. The molecule has 4 heteroatoms. The zero-order valence-electron chi connectivity index (χ0n) is 11.9. The summed E-state index contributed by atoms with van der Waals surface area (Å²) >= 11 is 6.05. The van der Waals surface area contributed by atoms with Gasteiger partial charge in [-0.05, 0) is 44.4 Å². The third-order valence-electron chi connectivity index (χ3n) is 4.47. The minimum absolute atomic E-state index is 0.0822. The van der Waals surface area contributed by atoms with Gasteiger partial charge in [0.15, 0.2) is 0 Å². The fourth-order valence-electron chi connectivity index (χ4n) is 3.16. The molecule has 0 radical (unpaired) electrons. The highest BCUT2D eigenvalue weighted by Crippen LogP contribution is 2.43. The summed E-state index contributed by atoms with van der Waals surface area (Å²) in [4.78, 5) is 0. The van der Waals surface area contributed by atoms with E-state index in [1.807, 2.05) is 25.1 Å². The SMILES string of the molecule is CC(N)c1cc(Cl)ccc1OC1CCOC2(CCC2)C1. The van der Waals surface area contributed by atoms with Gasteiger partial charge in [-0.25, -0.2) is 0 Å². The Balaban J connectivity index is 1.74. The van der Waals surface area contributed by atoms with Gasteiger partial charge in [0.2, 0.25) is 0 Å². The quantitative estimate of drug-likeness (QED) is 0.921. The van der Waals surface area contributed by atoms with E-state index in [0.29, 0.717) is 5.02 Å². The van der Waals surface area contributed by atoms with Crippen LogP contribution in [0.5, 0.6) is 5.75 Å². The molecule has 1 aliphatic carbocycles. The average Bonchev–Trinajstić information content (AvgIpc) is 2.39. The highest BCUT2D eigenvalue weighted by molar-refractivity contribution is 6.30. The first-order valence-electron chi connectivity index (χ1n) is 7.44. The van der Waals surface area contributed by atoms with Crippen LogP contribution in [0.1, 0.15) is 50.6 Å². The van der Waals surface area contributed by atoms with Crippen LogP contribution < -0.4 is 10.5 Å². The van der Waals surface area contributed by atoms with Gasteiger partial charge in [0.25, 0.3) is 0 Å². The van der Waals surface area contributed by atoms with Crippen LogP contribution in [-0.2, 0) is 4.74 Å². The number of rotatable bonds is 3. The lowest BCUT2D eigenvalue weighted by Gasteiger charge is -2.47. The van der Waals surface area contributed by atoms with E-state index in [0.717, 1.165) is 30.8 Å². The zero-order valence-corrected chi connectivity index (χ0v) is 12.7. The second-order valence-electron chi connectivity index (χ2n) is 6.09. The Bertz CT molecular complexity index is 485. The first kappa shape index (κ1) is 14.2. The van der Waals surface area contributed by atoms with E-state index in [4.69, 9.17) is 26.8 Å². The van der Waals surface area contributed by atoms with E-state index in [2.05, 4.69) is 0 Å². The number of ether oxygens (including phenoxy) is 2. The fraction of sp³-hybridized carbons (Fsp3) is 0.625. The summed E-state index contributed by atoms with van der Waals surface area (Å²) in [6.45, 7) is 2.75. The van der Waals surface area contributed by atoms with Crippen molar-refractivity contribution in [1.29, 1.82) is 0 Å². The Labute approximate surface area is 125 Å². The Morgan fingerprint density at radius 3 is 2.90 bits per heavy atom. The minimum atomic E-state index is -0.0822. The third-order valence-corrected chi connectivity index (χ3v) is 4.70. The molecule has 1 aromatic rings. The molecule has 2 N–H and O–H groups in total. The van der Waals surface area contributed by atoms with Gasteiger partial charge < -0.3 is 15.2 Å². The Hall–Kier alpha value is -0.770. The molecule has 0 amide bonds. The van der Waals surface area contributed by atoms with Crippen LogP contribution in [0.25, 0.3) is 0 Å². The van der Waals surface area contributed by atoms with Gasteiger partial charge in [-0.15, -0.1) is 0 Å². The van der Waals surface area contributed by atoms with Gasteiger partial charge in [-0.3, -0.25) is 0 Å². The second kappa shape index (κ2) is 5.55. The third kappa shape index (κ3) is 2.80. The van der Waals surface area contributed by atoms with E-state index in [1.165, 1.54) is 19.3 Å². The van der Waals surface area contributed by atoms with Crippen LogP contribution in [-0.4, -0.2) is 18.3 Å². The molecule has 2 unspecified atom stereocenters.